The molecule has 0 radical (unpaired) electrons. The fourth-order valence-corrected chi connectivity index (χ4v) is 3.07. The molecule has 2 aromatic carbocycles. The summed E-state index contributed by atoms with van der Waals surface area (Å²) in [4.78, 5) is 3.25. The van der Waals surface area contributed by atoms with Gasteiger partial charge in [0.2, 0.25) is 0 Å². The number of aromatic nitrogens is 1. The van der Waals surface area contributed by atoms with Crippen LogP contribution in [0.15, 0.2) is 42.5 Å². The van der Waals surface area contributed by atoms with Crippen LogP contribution < -0.4 is 0 Å². The van der Waals surface area contributed by atoms with Crippen molar-refractivity contribution in [1.29, 1.82) is 0 Å². The third-order valence-corrected chi connectivity index (χ3v) is 4.32. The number of aromatic amines is 1. The van der Waals surface area contributed by atoms with E-state index in [4.69, 9.17) is 23.2 Å². The second-order valence-electron chi connectivity index (χ2n) is 4.56. The molecule has 1 heterocycles. The summed E-state index contributed by atoms with van der Waals surface area (Å²) in [6.07, 6.45) is 0. The van der Waals surface area contributed by atoms with Crippen LogP contribution in [0.25, 0.3) is 10.8 Å². The largest absolute Gasteiger partial charge is 0.351 e. The number of H-pyrrole nitrogens is 1. The molecule has 0 bridgehead atoms. The average Bonchev–Trinajstić information content (AvgIpc) is 3.10. The molecule has 1 atom stereocenters. The summed E-state index contributed by atoms with van der Waals surface area (Å²) in [6.45, 7) is 0. The fourth-order valence-electron chi connectivity index (χ4n) is 2.44. The van der Waals surface area contributed by atoms with E-state index in [-0.39, 0.29) is 5.38 Å². The summed E-state index contributed by atoms with van der Waals surface area (Å²) in [6, 6.07) is 14.1. The predicted octanol–water partition coefficient (Wildman–Crippen LogP) is 4.75. The van der Waals surface area contributed by atoms with E-state index in [1.165, 1.54) is 21.5 Å². The minimum Gasteiger partial charge on any atom is -0.351 e. The zero-order valence-electron chi connectivity index (χ0n) is 9.37. The highest BCUT2D eigenvalue weighted by atomic mass is 35.5. The number of hydrogen-bond donors (Lipinski definition) is 1. The normalized spacial score (nSPS) is 13.9. The Morgan fingerprint density at radius 3 is 2.56 bits per heavy atom. The fraction of sp³-hybridized carbons (Fsp3) is 0.0667. The second-order valence-corrected chi connectivity index (χ2v) is 5.41. The van der Waals surface area contributed by atoms with Crippen LogP contribution in [-0.2, 0) is 0 Å². The molecule has 1 N–H and O–H groups in total. The number of halogens is 2. The van der Waals surface area contributed by atoms with Gasteiger partial charge in [-0.3, -0.25) is 0 Å². The maximum Gasteiger partial charge on any atom is 0.0850 e. The molecule has 2 aromatic rings. The molecular formula is C15H9Cl2N. The van der Waals surface area contributed by atoms with Crippen molar-refractivity contribution in [2.45, 2.75) is 5.38 Å². The van der Waals surface area contributed by atoms with E-state index in [9.17, 15) is 0 Å². The zero-order chi connectivity index (χ0) is 12.3. The quantitative estimate of drug-likeness (QED) is 0.508. The third-order valence-electron chi connectivity index (χ3n) is 3.49. The Morgan fingerprint density at radius 1 is 0.944 bits per heavy atom. The number of rotatable bonds is 2. The lowest BCUT2D eigenvalue weighted by Crippen LogP contribution is -1.94. The first-order valence-electron chi connectivity index (χ1n) is 5.80. The molecule has 1 aliphatic heterocycles. The van der Waals surface area contributed by atoms with Crippen LogP contribution in [0.1, 0.15) is 16.5 Å². The first kappa shape index (κ1) is 10.5. The van der Waals surface area contributed by atoms with Crippen LogP contribution in [0.2, 0.25) is 5.02 Å². The summed E-state index contributed by atoms with van der Waals surface area (Å²) in [5.41, 5.74) is 2.04. The van der Waals surface area contributed by atoms with E-state index in [1.54, 1.807) is 0 Å². The Morgan fingerprint density at radius 2 is 1.72 bits per heavy atom. The van der Waals surface area contributed by atoms with Gasteiger partial charge < -0.3 is 4.98 Å². The van der Waals surface area contributed by atoms with Crippen LogP contribution in [0.3, 0.4) is 0 Å². The maximum absolute atomic E-state index is 6.53. The first-order chi connectivity index (χ1) is 8.75. The SMILES string of the molecule is Clc1ccccc1C(Cl)c1ccc2c3[nH]c=3c2c1. The topological polar surface area (TPSA) is 15.8 Å². The van der Waals surface area contributed by atoms with Crippen molar-refractivity contribution in [2.75, 3.05) is 0 Å². The molecule has 1 nitrogen and oxygen atoms in total. The van der Waals surface area contributed by atoms with Gasteiger partial charge in [0.25, 0.3) is 0 Å². The monoisotopic (exact) mass is 273 g/mol. The van der Waals surface area contributed by atoms with Gasteiger partial charge in [0.05, 0.1) is 16.1 Å². The number of nitrogens with one attached hydrogen (secondary N) is 1. The molecule has 0 saturated carbocycles. The Bertz CT molecular complexity index is 864. The lowest BCUT2D eigenvalue weighted by molar-refractivity contribution is 1.15. The van der Waals surface area contributed by atoms with Gasteiger partial charge in [-0.25, -0.2) is 0 Å². The van der Waals surface area contributed by atoms with E-state index in [1.807, 2.05) is 24.3 Å². The minimum atomic E-state index is -0.201. The van der Waals surface area contributed by atoms with Gasteiger partial charge in [0.15, 0.2) is 0 Å². The molecule has 0 spiro atoms. The molecule has 88 valence electrons. The molecule has 0 saturated heterocycles. The number of benzene rings is 2. The van der Waals surface area contributed by atoms with Crippen LogP contribution in [-0.4, -0.2) is 4.98 Å². The van der Waals surface area contributed by atoms with Gasteiger partial charge >= 0.3 is 0 Å². The molecule has 0 amide bonds. The Hall–Kier alpha value is -1.44. The summed E-state index contributed by atoms with van der Waals surface area (Å²) in [5, 5.41) is 5.66. The third kappa shape index (κ3) is 1.35. The number of hydrogen-bond acceptors (Lipinski definition) is 0. The van der Waals surface area contributed by atoms with Crippen LogP contribution in [0, 0.1) is 10.7 Å². The standard InChI is InChI=1S/C15H9Cl2N/c16-12-4-2-1-3-10(12)13(17)8-5-6-9-11(7-8)15-14(9)18-15/h1-7,13,18H. The number of alkyl halides is 1. The molecule has 4 rings (SSSR count). The van der Waals surface area contributed by atoms with Crippen molar-refractivity contribution in [3.63, 3.8) is 0 Å². The van der Waals surface area contributed by atoms with Crippen molar-refractivity contribution in [3.05, 3.63) is 69.3 Å². The highest BCUT2D eigenvalue weighted by molar-refractivity contribution is 6.33. The molecule has 2 aliphatic rings. The Balaban J connectivity index is 1.81. The molecule has 1 unspecified atom stereocenters. The van der Waals surface area contributed by atoms with E-state index in [0.717, 1.165) is 11.1 Å². The van der Waals surface area contributed by atoms with Gasteiger partial charge in [0.1, 0.15) is 0 Å². The molecule has 1 aliphatic carbocycles. The van der Waals surface area contributed by atoms with Crippen molar-refractivity contribution < 1.29 is 0 Å². The van der Waals surface area contributed by atoms with Crippen molar-refractivity contribution >= 4 is 34.0 Å². The van der Waals surface area contributed by atoms with Crippen LogP contribution >= 0.6 is 23.2 Å². The lowest BCUT2D eigenvalue weighted by atomic mass is 10.00. The van der Waals surface area contributed by atoms with E-state index in [2.05, 4.69) is 23.2 Å². The summed E-state index contributed by atoms with van der Waals surface area (Å²) >= 11 is 12.7. The summed E-state index contributed by atoms with van der Waals surface area (Å²) in [5.74, 6) is 0. The molecule has 0 aromatic heterocycles. The molecule has 0 fully saturated rings. The van der Waals surface area contributed by atoms with E-state index < -0.39 is 0 Å². The van der Waals surface area contributed by atoms with Gasteiger partial charge in [-0.1, -0.05) is 41.9 Å². The van der Waals surface area contributed by atoms with Gasteiger partial charge in [0, 0.05) is 15.8 Å². The second kappa shape index (κ2) is 3.53. The first-order valence-corrected chi connectivity index (χ1v) is 6.61. The van der Waals surface area contributed by atoms with Gasteiger partial charge in [-0.15, -0.1) is 11.6 Å². The van der Waals surface area contributed by atoms with Crippen LogP contribution in [0.5, 0.6) is 0 Å². The zero-order valence-corrected chi connectivity index (χ0v) is 10.9. The highest BCUT2D eigenvalue weighted by Gasteiger charge is 2.18. The summed E-state index contributed by atoms with van der Waals surface area (Å²) in [7, 11) is 0. The van der Waals surface area contributed by atoms with Gasteiger partial charge in [-0.05, 0) is 23.3 Å². The maximum atomic E-state index is 6.53. The Labute approximate surface area is 114 Å². The predicted molar refractivity (Wildman–Crippen MR) is 75.1 cm³/mol. The Kier molecular flexibility index (Phi) is 2.06. The van der Waals surface area contributed by atoms with E-state index in [0.29, 0.717) is 5.02 Å². The highest BCUT2D eigenvalue weighted by Crippen LogP contribution is 2.36. The molecule has 18 heavy (non-hydrogen) atoms. The van der Waals surface area contributed by atoms with Crippen molar-refractivity contribution in [3.8, 4) is 0 Å². The van der Waals surface area contributed by atoms with Crippen LogP contribution in [0.4, 0.5) is 0 Å². The summed E-state index contributed by atoms with van der Waals surface area (Å²) < 4.78 is 0. The van der Waals surface area contributed by atoms with Crippen molar-refractivity contribution in [1.82, 2.24) is 4.98 Å². The van der Waals surface area contributed by atoms with E-state index >= 15 is 0 Å². The average molecular weight is 274 g/mol. The smallest absolute Gasteiger partial charge is 0.0850 e. The lowest BCUT2D eigenvalue weighted by Gasteiger charge is -2.12. The minimum absolute atomic E-state index is 0.201. The number of fused-ring (bicyclic) bond motifs is 3. The van der Waals surface area contributed by atoms with Gasteiger partial charge in [-0.2, -0.15) is 0 Å². The molecule has 3 heteroatoms. The van der Waals surface area contributed by atoms with Crippen molar-refractivity contribution in [2.24, 2.45) is 0 Å². The molecular weight excluding hydrogens is 265 g/mol.